The first-order valence-corrected chi connectivity index (χ1v) is 11.6. The van der Waals surface area contributed by atoms with E-state index in [1.165, 1.54) is 36.5 Å². The highest BCUT2D eigenvalue weighted by Crippen LogP contribution is 2.36. The average Bonchev–Trinajstić information content (AvgIpc) is 3.37. The summed E-state index contributed by atoms with van der Waals surface area (Å²) in [6.07, 6.45) is 2.23. The topological polar surface area (TPSA) is 99.3 Å². The zero-order chi connectivity index (χ0) is 23.3. The van der Waals surface area contributed by atoms with Crippen LogP contribution in [0.15, 0.2) is 77.8 Å². The SMILES string of the molecule is O=C1c2ccc3c(ccn3S(=O)(=O)c3ccccc3[N+](=O)[O-])c2CC1Cc1ccc(F)cc1. The van der Waals surface area contributed by atoms with Gasteiger partial charge in [0.05, 0.1) is 10.4 Å². The predicted octanol–water partition coefficient (Wildman–Crippen LogP) is 4.52. The van der Waals surface area contributed by atoms with Gasteiger partial charge in [-0.25, -0.2) is 16.8 Å². The maximum atomic E-state index is 13.3. The summed E-state index contributed by atoms with van der Waals surface area (Å²) in [4.78, 5) is 23.2. The van der Waals surface area contributed by atoms with Crippen LogP contribution in [-0.4, -0.2) is 23.1 Å². The Morgan fingerprint density at radius 2 is 1.76 bits per heavy atom. The summed E-state index contributed by atoms with van der Waals surface area (Å²) in [6, 6.07) is 16.0. The third-order valence-electron chi connectivity index (χ3n) is 6.03. The van der Waals surface area contributed by atoms with Crippen molar-refractivity contribution in [1.82, 2.24) is 3.97 Å². The first-order chi connectivity index (χ1) is 15.8. The average molecular weight is 464 g/mol. The fourth-order valence-corrected chi connectivity index (χ4v) is 5.98. The standard InChI is InChI=1S/C24H17FN2O5S/c25-17-7-5-15(6-8-17)13-16-14-20-18-11-12-26(21(18)10-9-19(20)24(16)28)33(31,32)23-4-2-1-3-22(23)27(29)30/h1-12,16H,13-14H2. The normalized spacial score (nSPS) is 15.7. The summed E-state index contributed by atoms with van der Waals surface area (Å²) < 4.78 is 40.8. The number of fused-ring (bicyclic) bond motifs is 3. The Bertz CT molecular complexity index is 1540. The summed E-state index contributed by atoms with van der Waals surface area (Å²) in [6.45, 7) is 0. The van der Waals surface area contributed by atoms with Crippen molar-refractivity contribution in [3.05, 3.63) is 106 Å². The summed E-state index contributed by atoms with van der Waals surface area (Å²) in [5, 5.41) is 12.0. The fraction of sp³-hybridized carbons (Fsp3) is 0.125. The first-order valence-electron chi connectivity index (χ1n) is 10.2. The highest BCUT2D eigenvalue weighted by molar-refractivity contribution is 7.90. The van der Waals surface area contributed by atoms with Gasteiger partial charge in [0, 0.05) is 29.1 Å². The molecule has 0 N–H and O–H groups in total. The van der Waals surface area contributed by atoms with E-state index in [9.17, 15) is 27.7 Å². The number of hydrogen-bond donors (Lipinski definition) is 0. The molecular weight excluding hydrogens is 447 g/mol. The molecule has 5 rings (SSSR count). The molecule has 1 aromatic heterocycles. The number of benzene rings is 3. The number of para-hydroxylation sites is 1. The summed E-state index contributed by atoms with van der Waals surface area (Å²) in [7, 11) is -4.24. The van der Waals surface area contributed by atoms with Gasteiger partial charge >= 0.3 is 0 Å². The minimum absolute atomic E-state index is 0.0365. The Hall–Kier alpha value is -3.85. The van der Waals surface area contributed by atoms with Gasteiger partial charge in [0.2, 0.25) is 0 Å². The molecule has 0 bridgehead atoms. The van der Waals surface area contributed by atoms with Gasteiger partial charge in [-0.3, -0.25) is 14.9 Å². The molecule has 0 spiro atoms. The number of aromatic nitrogens is 1. The number of hydrogen-bond acceptors (Lipinski definition) is 5. The highest BCUT2D eigenvalue weighted by atomic mass is 32.2. The number of carbonyl (C=O) groups is 1. The minimum Gasteiger partial charge on any atom is -0.294 e. The van der Waals surface area contributed by atoms with Gasteiger partial charge in [-0.2, -0.15) is 0 Å². The molecule has 4 aromatic rings. The zero-order valence-electron chi connectivity index (χ0n) is 17.1. The van der Waals surface area contributed by atoms with E-state index in [1.54, 1.807) is 30.3 Å². The lowest BCUT2D eigenvalue weighted by Crippen LogP contribution is -2.13. The van der Waals surface area contributed by atoms with Crippen molar-refractivity contribution in [3.63, 3.8) is 0 Å². The zero-order valence-corrected chi connectivity index (χ0v) is 18.0. The molecule has 0 radical (unpaired) electrons. The molecule has 1 aliphatic rings. The molecule has 33 heavy (non-hydrogen) atoms. The number of rotatable bonds is 5. The molecule has 1 aliphatic carbocycles. The number of carbonyl (C=O) groups excluding carboxylic acids is 1. The quantitative estimate of drug-likeness (QED) is 0.319. The van der Waals surface area contributed by atoms with E-state index < -0.39 is 25.5 Å². The summed E-state index contributed by atoms with van der Waals surface area (Å²) in [5.41, 5.74) is 1.98. The van der Waals surface area contributed by atoms with E-state index in [0.717, 1.165) is 21.2 Å². The Balaban J connectivity index is 1.55. The number of ketones is 1. The van der Waals surface area contributed by atoms with E-state index in [1.807, 2.05) is 0 Å². The fourth-order valence-electron chi connectivity index (χ4n) is 4.47. The van der Waals surface area contributed by atoms with Crippen molar-refractivity contribution in [2.45, 2.75) is 17.7 Å². The molecule has 166 valence electrons. The molecule has 0 amide bonds. The van der Waals surface area contributed by atoms with Crippen molar-refractivity contribution in [2.75, 3.05) is 0 Å². The van der Waals surface area contributed by atoms with Crippen LogP contribution in [0.3, 0.4) is 0 Å². The molecule has 9 heteroatoms. The minimum atomic E-state index is -4.24. The van der Waals surface area contributed by atoms with Crippen molar-refractivity contribution in [2.24, 2.45) is 5.92 Å². The second kappa shape index (κ2) is 7.63. The van der Waals surface area contributed by atoms with Crippen LogP contribution >= 0.6 is 0 Å². The van der Waals surface area contributed by atoms with Crippen LogP contribution in [0.25, 0.3) is 10.9 Å². The van der Waals surface area contributed by atoms with E-state index in [-0.39, 0.29) is 17.5 Å². The number of halogens is 1. The van der Waals surface area contributed by atoms with E-state index >= 15 is 0 Å². The largest absolute Gasteiger partial charge is 0.294 e. The van der Waals surface area contributed by atoms with Crippen LogP contribution in [0.2, 0.25) is 0 Å². The molecule has 0 aliphatic heterocycles. The Morgan fingerprint density at radius 1 is 1.03 bits per heavy atom. The third kappa shape index (κ3) is 3.41. The first kappa shape index (κ1) is 21.0. The molecule has 0 saturated heterocycles. The lowest BCUT2D eigenvalue weighted by atomic mass is 9.96. The second-order valence-electron chi connectivity index (χ2n) is 7.96. The van der Waals surface area contributed by atoms with Crippen LogP contribution in [0.4, 0.5) is 10.1 Å². The third-order valence-corrected chi connectivity index (χ3v) is 7.77. The van der Waals surface area contributed by atoms with Crippen LogP contribution in [0, 0.1) is 21.8 Å². The molecule has 1 unspecified atom stereocenters. The van der Waals surface area contributed by atoms with Crippen molar-refractivity contribution >= 4 is 32.4 Å². The van der Waals surface area contributed by atoms with E-state index in [4.69, 9.17) is 0 Å². The second-order valence-corrected chi connectivity index (χ2v) is 9.75. The number of nitro benzene ring substituents is 1. The van der Waals surface area contributed by atoms with Gasteiger partial charge < -0.3 is 0 Å². The van der Waals surface area contributed by atoms with E-state index in [0.29, 0.717) is 29.3 Å². The van der Waals surface area contributed by atoms with Crippen LogP contribution < -0.4 is 0 Å². The Kier molecular flexibility index (Phi) is 4.86. The van der Waals surface area contributed by atoms with Crippen molar-refractivity contribution in [1.29, 1.82) is 0 Å². The number of nitro groups is 1. The summed E-state index contributed by atoms with van der Waals surface area (Å²) >= 11 is 0. The molecule has 0 saturated carbocycles. The molecule has 1 atom stereocenters. The maximum absolute atomic E-state index is 13.3. The smallest absolute Gasteiger partial charge is 0.289 e. The monoisotopic (exact) mass is 464 g/mol. The van der Waals surface area contributed by atoms with Crippen LogP contribution in [0.5, 0.6) is 0 Å². The van der Waals surface area contributed by atoms with E-state index in [2.05, 4.69) is 0 Å². The van der Waals surface area contributed by atoms with Gasteiger partial charge in [0.15, 0.2) is 10.7 Å². The number of nitrogens with zero attached hydrogens (tertiary/aromatic N) is 2. The lowest BCUT2D eigenvalue weighted by Gasteiger charge is -2.09. The maximum Gasteiger partial charge on any atom is 0.289 e. The highest BCUT2D eigenvalue weighted by Gasteiger charge is 2.34. The van der Waals surface area contributed by atoms with Crippen LogP contribution in [-0.2, 0) is 22.9 Å². The Labute approximate surface area is 188 Å². The van der Waals surface area contributed by atoms with Gasteiger partial charge in [-0.05, 0) is 60.4 Å². The van der Waals surface area contributed by atoms with Gasteiger partial charge in [-0.1, -0.05) is 24.3 Å². The van der Waals surface area contributed by atoms with Gasteiger partial charge in [-0.15, -0.1) is 0 Å². The Morgan fingerprint density at radius 3 is 2.48 bits per heavy atom. The van der Waals surface area contributed by atoms with Crippen molar-refractivity contribution in [3.8, 4) is 0 Å². The molecular formula is C24H17FN2O5S. The van der Waals surface area contributed by atoms with Crippen LogP contribution in [0.1, 0.15) is 21.5 Å². The number of Topliss-reactive ketones (excluding diaryl/α,β-unsaturated/α-hetero) is 1. The van der Waals surface area contributed by atoms with Gasteiger partial charge in [0.1, 0.15) is 5.82 Å². The molecule has 3 aromatic carbocycles. The molecule has 1 heterocycles. The van der Waals surface area contributed by atoms with Gasteiger partial charge in [0.25, 0.3) is 15.7 Å². The van der Waals surface area contributed by atoms with Crippen molar-refractivity contribution < 1.29 is 22.5 Å². The molecule has 0 fully saturated rings. The lowest BCUT2D eigenvalue weighted by molar-refractivity contribution is -0.387. The summed E-state index contributed by atoms with van der Waals surface area (Å²) in [5.74, 6) is -0.709. The predicted molar refractivity (Wildman–Crippen MR) is 119 cm³/mol. The molecule has 7 nitrogen and oxygen atoms in total.